The smallest absolute Gasteiger partial charge is 0.144 e. The molecule has 0 radical (unpaired) electrons. The third kappa shape index (κ3) is 4.23. The summed E-state index contributed by atoms with van der Waals surface area (Å²) < 4.78 is 5.98. The van der Waals surface area contributed by atoms with Gasteiger partial charge in [0, 0.05) is 24.2 Å². The van der Waals surface area contributed by atoms with Gasteiger partial charge in [0.05, 0.1) is 17.8 Å². The fourth-order valence-electron chi connectivity index (χ4n) is 3.02. The molecule has 0 bridgehead atoms. The molecule has 0 amide bonds. The summed E-state index contributed by atoms with van der Waals surface area (Å²) in [6.07, 6.45) is 6.20. The van der Waals surface area contributed by atoms with Crippen molar-refractivity contribution in [2.45, 2.75) is 78.4 Å². The number of anilines is 1. The Morgan fingerprint density at radius 2 is 1.96 bits per heavy atom. The summed E-state index contributed by atoms with van der Waals surface area (Å²) in [5, 5.41) is 13.1. The molecule has 0 saturated heterocycles. The lowest BCUT2D eigenvalue weighted by Crippen LogP contribution is -2.33. The summed E-state index contributed by atoms with van der Waals surface area (Å²) in [5.74, 6) is 0.767. The van der Waals surface area contributed by atoms with E-state index in [-0.39, 0.29) is 5.60 Å². The van der Waals surface area contributed by atoms with Gasteiger partial charge in [-0.25, -0.2) is 4.98 Å². The van der Waals surface area contributed by atoms with Crippen molar-refractivity contribution in [2.75, 3.05) is 11.9 Å². The highest BCUT2D eigenvalue weighted by Crippen LogP contribution is 2.34. The normalized spacial score (nSPS) is 15.8. The number of pyridine rings is 1. The highest BCUT2D eigenvalue weighted by molar-refractivity contribution is 5.60. The topological polar surface area (TPSA) is 57.9 Å². The minimum Gasteiger partial charge on any atom is -0.370 e. The molecule has 1 aromatic heterocycles. The van der Waals surface area contributed by atoms with E-state index < -0.39 is 0 Å². The van der Waals surface area contributed by atoms with Crippen LogP contribution in [0.3, 0.4) is 0 Å². The van der Waals surface area contributed by atoms with Gasteiger partial charge in [-0.05, 0) is 38.7 Å². The molecule has 1 aliphatic rings. The Balaban J connectivity index is 2.44. The Bertz CT molecular complexity index is 587. The van der Waals surface area contributed by atoms with Gasteiger partial charge in [0.2, 0.25) is 0 Å². The SMILES string of the molecule is CCCCNc1nc(CCCC)c2c(c1C#N)CC(C)(C)OC2. The van der Waals surface area contributed by atoms with Gasteiger partial charge in [-0.15, -0.1) is 0 Å². The minimum atomic E-state index is -0.220. The molecule has 1 aliphatic heterocycles. The highest BCUT2D eigenvalue weighted by atomic mass is 16.5. The second-order valence-corrected chi connectivity index (χ2v) is 6.96. The fraction of sp³-hybridized carbons (Fsp3) is 0.684. The van der Waals surface area contributed by atoms with Crippen LogP contribution in [-0.4, -0.2) is 17.1 Å². The van der Waals surface area contributed by atoms with Crippen LogP contribution in [0.5, 0.6) is 0 Å². The molecule has 4 nitrogen and oxygen atoms in total. The van der Waals surface area contributed by atoms with Gasteiger partial charge in [-0.3, -0.25) is 0 Å². The molecule has 23 heavy (non-hydrogen) atoms. The minimum absolute atomic E-state index is 0.220. The third-order valence-electron chi connectivity index (χ3n) is 4.41. The second kappa shape index (κ2) is 7.79. The maximum Gasteiger partial charge on any atom is 0.144 e. The zero-order chi connectivity index (χ0) is 16.9. The zero-order valence-corrected chi connectivity index (χ0v) is 15.0. The van der Waals surface area contributed by atoms with Gasteiger partial charge in [0.25, 0.3) is 0 Å². The van der Waals surface area contributed by atoms with Crippen molar-refractivity contribution in [1.82, 2.24) is 4.98 Å². The van der Waals surface area contributed by atoms with Crippen molar-refractivity contribution in [2.24, 2.45) is 0 Å². The summed E-state index contributed by atoms with van der Waals surface area (Å²) in [6, 6.07) is 2.39. The number of hydrogen-bond acceptors (Lipinski definition) is 4. The maximum absolute atomic E-state index is 9.70. The van der Waals surface area contributed by atoms with Crippen LogP contribution in [0, 0.1) is 11.3 Å². The van der Waals surface area contributed by atoms with E-state index in [0.29, 0.717) is 12.2 Å². The second-order valence-electron chi connectivity index (χ2n) is 6.96. The molecule has 2 rings (SSSR count). The molecular weight excluding hydrogens is 286 g/mol. The first-order valence-corrected chi connectivity index (χ1v) is 8.85. The average Bonchev–Trinajstić information content (AvgIpc) is 2.51. The third-order valence-corrected chi connectivity index (χ3v) is 4.41. The van der Waals surface area contributed by atoms with E-state index in [1.165, 1.54) is 0 Å². The standard InChI is InChI=1S/C19H29N3O/c1-5-7-9-17-16-13-23-19(3,4)11-14(16)15(12-20)18(22-17)21-10-8-6-2/h5-11,13H2,1-4H3,(H,21,22). The van der Waals surface area contributed by atoms with Crippen LogP contribution in [0.2, 0.25) is 0 Å². The number of unbranched alkanes of at least 4 members (excludes halogenated alkanes) is 2. The molecule has 0 atom stereocenters. The van der Waals surface area contributed by atoms with Crippen molar-refractivity contribution in [1.29, 1.82) is 5.26 Å². The molecule has 126 valence electrons. The Morgan fingerprint density at radius 1 is 1.22 bits per heavy atom. The van der Waals surface area contributed by atoms with Crippen LogP contribution in [0.15, 0.2) is 0 Å². The van der Waals surface area contributed by atoms with Gasteiger partial charge < -0.3 is 10.1 Å². The predicted octanol–water partition coefficient (Wildman–Crippen LogP) is 4.36. The molecule has 0 spiro atoms. The number of rotatable bonds is 7. The van der Waals surface area contributed by atoms with E-state index >= 15 is 0 Å². The Kier molecular flexibility index (Phi) is 6.01. The van der Waals surface area contributed by atoms with Crippen LogP contribution in [0.1, 0.15) is 75.8 Å². The number of nitrogens with zero attached hydrogens (tertiary/aromatic N) is 2. The van der Waals surface area contributed by atoms with E-state index in [0.717, 1.165) is 67.7 Å². The first-order valence-electron chi connectivity index (χ1n) is 8.85. The average molecular weight is 315 g/mol. The predicted molar refractivity (Wildman–Crippen MR) is 93.5 cm³/mol. The van der Waals surface area contributed by atoms with E-state index in [9.17, 15) is 5.26 Å². The van der Waals surface area contributed by atoms with Gasteiger partial charge in [-0.1, -0.05) is 26.7 Å². The maximum atomic E-state index is 9.70. The van der Waals surface area contributed by atoms with Crippen LogP contribution >= 0.6 is 0 Å². The summed E-state index contributed by atoms with van der Waals surface area (Å²) in [5.41, 5.74) is 3.89. The number of fused-ring (bicyclic) bond motifs is 1. The van der Waals surface area contributed by atoms with E-state index in [1.807, 2.05) is 0 Å². The number of aryl methyl sites for hydroxylation is 1. The molecule has 0 saturated carbocycles. The van der Waals surface area contributed by atoms with Crippen LogP contribution < -0.4 is 5.32 Å². The van der Waals surface area contributed by atoms with Crippen molar-refractivity contribution in [3.05, 3.63) is 22.4 Å². The molecule has 1 aromatic rings. The molecule has 2 heterocycles. The number of hydrogen-bond donors (Lipinski definition) is 1. The first kappa shape index (κ1) is 17.7. The lowest BCUT2D eigenvalue weighted by molar-refractivity contribution is -0.0407. The molecular formula is C19H29N3O. The van der Waals surface area contributed by atoms with Crippen LogP contribution in [0.25, 0.3) is 0 Å². The molecule has 0 fully saturated rings. The quantitative estimate of drug-likeness (QED) is 0.760. The van der Waals surface area contributed by atoms with Crippen LogP contribution in [-0.2, 0) is 24.2 Å². The largest absolute Gasteiger partial charge is 0.370 e. The van der Waals surface area contributed by atoms with Crippen molar-refractivity contribution < 1.29 is 4.74 Å². The molecule has 1 N–H and O–H groups in total. The Morgan fingerprint density at radius 3 is 2.61 bits per heavy atom. The number of ether oxygens (including phenoxy) is 1. The van der Waals surface area contributed by atoms with Crippen LogP contribution in [0.4, 0.5) is 5.82 Å². The highest BCUT2D eigenvalue weighted by Gasteiger charge is 2.31. The monoisotopic (exact) mass is 315 g/mol. The molecule has 0 aromatic carbocycles. The van der Waals surface area contributed by atoms with Crippen molar-refractivity contribution >= 4 is 5.82 Å². The number of aromatic nitrogens is 1. The summed E-state index contributed by atoms with van der Waals surface area (Å²) in [7, 11) is 0. The molecule has 0 unspecified atom stereocenters. The molecule has 0 aliphatic carbocycles. The lowest BCUT2D eigenvalue weighted by atomic mass is 9.87. The Labute approximate surface area is 140 Å². The molecule has 4 heteroatoms. The van der Waals surface area contributed by atoms with Crippen molar-refractivity contribution in [3.63, 3.8) is 0 Å². The Hall–Kier alpha value is -1.60. The van der Waals surface area contributed by atoms with Gasteiger partial charge >= 0.3 is 0 Å². The lowest BCUT2D eigenvalue weighted by Gasteiger charge is -2.33. The summed E-state index contributed by atoms with van der Waals surface area (Å²) in [4.78, 5) is 4.80. The van der Waals surface area contributed by atoms with Gasteiger partial charge in [0.15, 0.2) is 0 Å². The fourth-order valence-corrected chi connectivity index (χ4v) is 3.02. The number of nitrogens with one attached hydrogen (secondary N) is 1. The van der Waals surface area contributed by atoms with Crippen molar-refractivity contribution in [3.8, 4) is 6.07 Å². The van der Waals surface area contributed by atoms with E-state index in [1.54, 1.807) is 0 Å². The summed E-state index contributed by atoms with van der Waals surface area (Å²) >= 11 is 0. The number of nitriles is 1. The van der Waals surface area contributed by atoms with Gasteiger partial charge in [0.1, 0.15) is 11.9 Å². The summed E-state index contributed by atoms with van der Waals surface area (Å²) in [6.45, 7) is 9.97. The van der Waals surface area contributed by atoms with E-state index in [4.69, 9.17) is 9.72 Å². The van der Waals surface area contributed by atoms with Gasteiger partial charge in [-0.2, -0.15) is 5.26 Å². The van der Waals surface area contributed by atoms with E-state index in [2.05, 4.69) is 39.1 Å². The first-order chi connectivity index (χ1) is 11.0. The zero-order valence-electron chi connectivity index (χ0n) is 15.0.